The van der Waals surface area contributed by atoms with Gasteiger partial charge in [-0.1, -0.05) is 6.92 Å². The maximum atomic E-state index is 6.28. The molecule has 0 spiro atoms. The SMILES string of the molecule is CCc1cc(CC(N)CC2(OC)CCC2)n(C)n1. The highest BCUT2D eigenvalue weighted by Crippen LogP contribution is 2.38. The van der Waals surface area contributed by atoms with Crippen molar-refractivity contribution in [3.8, 4) is 0 Å². The number of nitrogens with two attached hydrogens (primary N) is 1. The highest BCUT2D eigenvalue weighted by Gasteiger charge is 2.38. The Labute approximate surface area is 110 Å². The first-order valence-corrected chi connectivity index (χ1v) is 6.91. The van der Waals surface area contributed by atoms with Gasteiger partial charge in [0.1, 0.15) is 0 Å². The molecule has 4 nitrogen and oxygen atoms in total. The van der Waals surface area contributed by atoms with Crippen molar-refractivity contribution in [3.05, 3.63) is 17.5 Å². The third-order valence-corrected chi connectivity index (χ3v) is 4.19. The second-order valence-corrected chi connectivity index (χ2v) is 5.51. The fourth-order valence-electron chi connectivity index (χ4n) is 2.82. The molecular weight excluding hydrogens is 226 g/mol. The van der Waals surface area contributed by atoms with Crippen LogP contribution in [0.15, 0.2) is 6.07 Å². The zero-order chi connectivity index (χ0) is 13.2. The van der Waals surface area contributed by atoms with Crippen molar-refractivity contribution in [1.82, 2.24) is 9.78 Å². The zero-order valence-electron chi connectivity index (χ0n) is 11.8. The first-order valence-electron chi connectivity index (χ1n) is 6.91. The summed E-state index contributed by atoms with van der Waals surface area (Å²) in [6, 6.07) is 2.32. The molecule has 1 aromatic heterocycles. The van der Waals surface area contributed by atoms with Crippen molar-refractivity contribution >= 4 is 0 Å². The molecule has 1 atom stereocenters. The molecule has 0 aliphatic heterocycles. The molecule has 0 saturated heterocycles. The van der Waals surface area contributed by atoms with Gasteiger partial charge in [0, 0.05) is 32.3 Å². The van der Waals surface area contributed by atoms with E-state index in [-0.39, 0.29) is 11.6 Å². The Morgan fingerprint density at radius 2 is 2.28 bits per heavy atom. The minimum absolute atomic E-state index is 0.0611. The normalized spacial score (nSPS) is 19.6. The first kappa shape index (κ1) is 13.6. The molecule has 18 heavy (non-hydrogen) atoms. The highest BCUT2D eigenvalue weighted by molar-refractivity contribution is 5.12. The molecule has 0 radical (unpaired) electrons. The molecule has 1 saturated carbocycles. The number of hydrogen-bond donors (Lipinski definition) is 1. The molecular formula is C14H25N3O. The lowest BCUT2D eigenvalue weighted by Gasteiger charge is -2.42. The van der Waals surface area contributed by atoms with Gasteiger partial charge >= 0.3 is 0 Å². The van der Waals surface area contributed by atoms with E-state index >= 15 is 0 Å². The third-order valence-electron chi connectivity index (χ3n) is 4.19. The number of rotatable bonds is 6. The van der Waals surface area contributed by atoms with E-state index in [1.807, 2.05) is 18.8 Å². The second-order valence-electron chi connectivity index (χ2n) is 5.51. The van der Waals surface area contributed by atoms with Crippen LogP contribution in [0.1, 0.15) is 44.0 Å². The Kier molecular flexibility index (Phi) is 4.07. The lowest BCUT2D eigenvalue weighted by atomic mass is 9.75. The number of aromatic nitrogens is 2. The third kappa shape index (κ3) is 2.75. The van der Waals surface area contributed by atoms with Gasteiger partial charge in [0.05, 0.1) is 11.3 Å². The molecule has 0 amide bonds. The predicted molar refractivity (Wildman–Crippen MR) is 72.5 cm³/mol. The van der Waals surface area contributed by atoms with Crippen molar-refractivity contribution in [1.29, 1.82) is 0 Å². The summed E-state index contributed by atoms with van der Waals surface area (Å²) in [5, 5.41) is 4.46. The van der Waals surface area contributed by atoms with Gasteiger partial charge in [-0.2, -0.15) is 5.10 Å². The van der Waals surface area contributed by atoms with E-state index in [2.05, 4.69) is 18.1 Å². The summed E-state index contributed by atoms with van der Waals surface area (Å²) < 4.78 is 7.59. The van der Waals surface area contributed by atoms with Crippen LogP contribution in [0.3, 0.4) is 0 Å². The van der Waals surface area contributed by atoms with Gasteiger partial charge in [0.25, 0.3) is 0 Å². The van der Waals surface area contributed by atoms with Crippen LogP contribution in [-0.2, 0) is 24.6 Å². The molecule has 0 aromatic carbocycles. The number of hydrogen-bond acceptors (Lipinski definition) is 3. The molecule has 1 fully saturated rings. The fraction of sp³-hybridized carbons (Fsp3) is 0.786. The fourth-order valence-corrected chi connectivity index (χ4v) is 2.82. The van der Waals surface area contributed by atoms with Crippen LogP contribution in [0.5, 0.6) is 0 Å². The van der Waals surface area contributed by atoms with Gasteiger partial charge in [0.15, 0.2) is 0 Å². The van der Waals surface area contributed by atoms with Crippen LogP contribution in [0.2, 0.25) is 0 Å². The molecule has 2 rings (SSSR count). The Hall–Kier alpha value is -0.870. The molecule has 1 aliphatic carbocycles. The van der Waals surface area contributed by atoms with E-state index in [0.717, 1.165) is 37.8 Å². The van der Waals surface area contributed by atoms with Crippen LogP contribution in [0.25, 0.3) is 0 Å². The van der Waals surface area contributed by atoms with Gasteiger partial charge in [-0.3, -0.25) is 4.68 Å². The quantitative estimate of drug-likeness (QED) is 0.839. The molecule has 1 aliphatic rings. The van der Waals surface area contributed by atoms with E-state index in [1.54, 1.807) is 0 Å². The molecule has 0 bridgehead atoms. The van der Waals surface area contributed by atoms with Gasteiger partial charge in [-0.15, -0.1) is 0 Å². The smallest absolute Gasteiger partial charge is 0.0693 e. The Balaban J connectivity index is 1.94. The summed E-state index contributed by atoms with van der Waals surface area (Å²) in [7, 11) is 3.81. The molecule has 2 N–H and O–H groups in total. The maximum Gasteiger partial charge on any atom is 0.0693 e. The summed E-state index contributed by atoms with van der Waals surface area (Å²) in [6.45, 7) is 2.13. The standard InChI is InChI=1S/C14H25N3O/c1-4-12-9-13(17(2)16-12)8-11(15)10-14(18-3)6-5-7-14/h9,11H,4-8,10,15H2,1-3H3. The largest absolute Gasteiger partial charge is 0.378 e. The first-order chi connectivity index (χ1) is 8.58. The summed E-state index contributed by atoms with van der Waals surface area (Å²) in [6.07, 6.45) is 6.40. The topological polar surface area (TPSA) is 53.1 Å². The summed E-state index contributed by atoms with van der Waals surface area (Å²) in [4.78, 5) is 0. The minimum atomic E-state index is 0.0611. The summed E-state index contributed by atoms with van der Waals surface area (Å²) >= 11 is 0. The number of ether oxygens (including phenoxy) is 1. The van der Waals surface area contributed by atoms with E-state index in [1.165, 1.54) is 12.1 Å². The van der Waals surface area contributed by atoms with Crippen molar-refractivity contribution in [3.63, 3.8) is 0 Å². The Morgan fingerprint density at radius 3 is 2.72 bits per heavy atom. The van der Waals surface area contributed by atoms with E-state index < -0.39 is 0 Å². The minimum Gasteiger partial charge on any atom is -0.378 e. The van der Waals surface area contributed by atoms with Crippen molar-refractivity contribution < 1.29 is 4.74 Å². The Bertz CT molecular complexity index is 390. The summed E-state index contributed by atoms with van der Waals surface area (Å²) in [5.74, 6) is 0. The Morgan fingerprint density at radius 1 is 1.56 bits per heavy atom. The van der Waals surface area contributed by atoms with Gasteiger partial charge < -0.3 is 10.5 Å². The predicted octanol–water partition coefficient (Wildman–Crippen LogP) is 1.81. The molecule has 1 aromatic rings. The van der Waals surface area contributed by atoms with Crippen LogP contribution in [0.4, 0.5) is 0 Å². The number of aryl methyl sites for hydroxylation is 2. The van der Waals surface area contributed by atoms with Crippen molar-refractivity contribution in [2.45, 2.75) is 57.1 Å². The highest BCUT2D eigenvalue weighted by atomic mass is 16.5. The van der Waals surface area contributed by atoms with Crippen molar-refractivity contribution in [2.24, 2.45) is 12.8 Å². The van der Waals surface area contributed by atoms with E-state index in [9.17, 15) is 0 Å². The number of methoxy groups -OCH3 is 1. The molecule has 4 heteroatoms. The molecule has 102 valence electrons. The van der Waals surface area contributed by atoms with Crippen LogP contribution < -0.4 is 5.73 Å². The van der Waals surface area contributed by atoms with Crippen LogP contribution in [0, 0.1) is 0 Å². The van der Waals surface area contributed by atoms with E-state index in [4.69, 9.17) is 10.5 Å². The van der Waals surface area contributed by atoms with Gasteiger partial charge in [-0.25, -0.2) is 0 Å². The van der Waals surface area contributed by atoms with Gasteiger partial charge in [0.2, 0.25) is 0 Å². The lowest BCUT2D eigenvalue weighted by Crippen LogP contribution is -2.45. The average Bonchev–Trinajstić information content (AvgIpc) is 2.65. The molecule has 1 heterocycles. The second kappa shape index (κ2) is 5.41. The van der Waals surface area contributed by atoms with Crippen LogP contribution in [-0.4, -0.2) is 28.5 Å². The average molecular weight is 251 g/mol. The molecule has 1 unspecified atom stereocenters. The lowest BCUT2D eigenvalue weighted by molar-refractivity contribution is -0.0814. The monoisotopic (exact) mass is 251 g/mol. The van der Waals surface area contributed by atoms with E-state index in [0.29, 0.717) is 0 Å². The van der Waals surface area contributed by atoms with Crippen molar-refractivity contribution in [2.75, 3.05) is 7.11 Å². The number of nitrogens with zero attached hydrogens (tertiary/aromatic N) is 2. The zero-order valence-corrected chi connectivity index (χ0v) is 11.8. The maximum absolute atomic E-state index is 6.28. The van der Waals surface area contributed by atoms with Crippen LogP contribution >= 0.6 is 0 Å². The summed E-state index contributed by atoms with van der Waals surface area (Å²) in [5.41, 5.74) is 8.71. The van der Waals surface area contributed by atoms with Gasteiger partial charge in [-0.05, 0) is 38.2 Å².